The highest BCUT2D eigenvalue weighted by molar-refractivity contribution is 7.91. The summed E-state index contributed by atoms with van der Waals surface area (Å²) in [6.45, 7) is 2.39. The molecule has 0 fully saturated rings. The van der Waals surface area contributed by atoms with Crippen molar-refractivity contribution in [1.82, 2.24) is 4.72 Å². The van der Waals surface area contributed by atoms with E-state index in [0.29, 0.717) is 6.42 Å². The van der Waals surface area contributed by atoms with Gasteiger partial charge in [0.1, 0.15) is 15.7 Å². The minimum atomic E-state index is -4.82. The number of para-hydroxylation sites is 2. The van der Waals surface area contributed by atoms with E-state index >= 15 is 0 Å². The van der Waals surface area contributed by atoms with Crippen molar-refractivity contribution in [1.29, 1.82) is 0 Å². The average Bonchev–Trinajstić information content (AvgIpc) is 3.03. The molecule has 0 radical (unpaired) electrons. The molecule has 10 heteroatoms. The lowest BCUT2D eigenvalue weighted by Crippen LogP contribution is -2.39. The van der Waals surface area contributed by atoms with E-state index in [4.69, 9.17) is 0 Å². The van der Waals surface area contributed by atoms with Gasteiger partial charge in [-0.15, -0.1) is 13.2 Å². The summed E-state index contributed by atoms with van der Waals surface area (Å²) in [6, 6.07) is 21.0. The molecule has 0 aliphatic carbocycles. The third kappa shape index (κ3) is 6.82. The molecule has 0 bridgehead atoms. The number of aryl methyl sites for hydroxylation is 2. The van der Waals surface area contributed by atoms with E-state index < -0.39 is 28.1 Å². The van der Waals surface area contributed by atoms with Crippen LogP contribution in [-0.4, -0.2) is 41.4 Å². The van der Waals surface area contributed by atoms with Gasteiger partial charge in [0.2, 0.25) is 0 Å². The van der Waals surface area contributed by atoms with Crippen LogP contribution in [0.4, 0.5) is 24.5 Å². The number of hydrogen-bond donors (Lipinski definition) is 2. The molecule has 2 N–H and O–H groups in total. The summed E-state index contributed by atoms with van der Waals surface area (Å²) in [5.41, 5.74) is 4.40. The Bertz CT molecular complexity index is 1270. The van der Waals surface area contributed by atoms with Crippen LogP contribution in [0.15, 0.2) is 82.1 Å². The highest BCUT2D eigenvalue weighted by Crippen LogP contribution is 2.36. The lowest BCUT2D eigenvalue weighted by Gasteiger charge is -2.29. The fraction of sp³-hybridized carbons (Fsp3) is 0.333. The fourth-order valence-electron chi connectivity index (χ4n) is 4.30. The smallest absolute Gasteiger partial charge is 0.406 e. The molecule has 4 rings (SSSR count). The first-order valence-electron chi connectivity index (χ1n) is 12.1. The van der Waals surface area contributed by atoms with Crippen molar-refractivity contribution in [2.24, 2.45) is 4.36 Å². The molecule has 0 aromatic heterocycles. The van der Waals surface area contributed by atoms with Crippen LogP contribution in [0.2, 0.25) is 0 Å². The molecule has 1 heterocycles. The maximum Gasteiger partial charge on any atom is 0.573 e. The van der Waals surface area contributed by atoms with Crippen LogP contribution in [-0.2, 0) is 22.8 Å². The van der Waals surface area contributed by atoms with Crippen molar-refractivity contribution in [2.45, 2.75) is 43.5 Å². The second kappa shape index (κ2) is 11.5. The van der Waals surface area contributed by atoms with E-state index in [2.05, 4.69) is 30.9 Å². The monoisotopic (exact) mass is 533 g/mol. The van der Waals surface area contributed by atoms with E-state index in [1.165, 1.54) is 23.3 Å². The van der Waals surface area contributed by atoms with Gasteiger partial charge in [0.05, 0.1) is 17.5 Å². The highest BCUT2D eigenvalue weighted by Gasteiger charge is 2.31. The summed E-state index contributed by atoms with van der Waals surface area (Å²) in [7, 11) is -3.19. The third-order valence-electron chi connectivity index (χ3n) is 6.01. The standard InChI is InChI=1S/C27H30F3N3O3S/c1-2-17-31-37(35,24-15-13-23(14-16-24)36-27(28,29)30)32-18-22(34)19-33-25-9-5-3-7-20(25)11-12-21-8-4-6-10-26(21)33/h3-10,13-16,22,34H,2,11-12,17-19H2,1H3,(H,31,32,35)/t22-,37?/m1/s1. The van der Waals surface area contributed by atoms with Crippen LogP contribution >= 0.6 is 0 Å². The van der Waals surface area contributed by atoms with Crippen LogP contribution in [0.3, 0.4) is 0 Å². The number of alkyl halides is 3. The van der Waals surface area contributed by atoms with Crippen LogP contribution in [0.25, 0.3) is 0 Å². The number of halogens is 3. The molecular weight excluding hydrogens is 503 g/mol. The number of hydrogen-bond acceptors (Lipinski definition) is 5. The SMILES string of the molecule is CCCN=S(=O)(NC[C@@H](O)CN1c2ccccc2CCc2ccccc21)c1ccc(OC(F)(F)F)cc1. The molecule has 1 unspecified atom stereocenters. The Morgan fingerprint density at radius 2 is 1.57 bits per heavy atom. The predicted molar refractivity (Wildman–Crippen MR) is 138 cm³/mol. The number of nitrogens with zero attached hydrogens (tertiary/aromatic N) is 2. The maximum absolute atomic E-state index is 13.7. The fourth-order valence-corrected chi connectivity index (χ4v) is 6.07. The van der Waals surface area contributed by atoms with Gasteiger partial charge in [0, 0.05) is 24.5 Å². The number of rotatable bonds is 9. The number of aliphatic hydroxyl groups is 1. The lowest BCUT2D eigenvalue weighted by atomic mass is 10.0. The van der Waals surface area contributed by atoms with Crippen LogP contribution < -0.4 is 14.4 Å². The molecule has 3 aromatic carbocycles. The van der Waals surface area contributed by atoms with Crippen molar-refractivity contribution in [2.75, 3.05) is 24.5 Å². The number of β-amino-alcohol motifs (C(OH)–C–C–N with tert-alkyl or cyclic N) is 1. The Balaban J connectivity index is 1.53. The van der Waals surface area contributed by atoms with Gasteiger partial charge in [0.25, 0.3) is 0 Å². The summed E-state index contributed by atoms with van der Waals surface area (Å²) in [5.74, 6) is -0.410. The molecule has 37 heavy (non-hydrogen) atoms. The number of anilines is 2. The third-order valence-corrected chi connectivity index (χ3v) is 8.03. The molecule has 0 saturated carbocycles. The van der Waals surface area contributed by atoms with Crippen LogP contribution in [0.5, 0.6) is 5.75 Å². The molecule has 3 aromatic rings. The van der Waals surface area contributed by atoms with Crippen LogP contribution in [0, 0.1) is 0 Å². The molecule has 0 saturated heterocycles. The zero-order valence-electron chi connectivity index (χ0n) is 20.4. The number of aliphatic hydroxyl groups excluding tert-OH is 1. The summed E-state index contributed by atoms with van der Waals surface area (Å²) < 4.78 is 62.4. The van der Waals surface area contributed by atoms with Gasteiger partial charge in [-0.2, -0.15) is 0 Å². The topological polar surface area (TPSA) is 74.2 Å². The van der Waals surface area contributed by atoms with Crippen molar-refractivity contribution in [3.05, 3.63) is 83.9 Å². The van der Waals surface area contributed by atoms with Gasteiger partial charge < -0.3 is 14.7 Å². The maximum atomic E-state index is 13.7. The van der Waals surface area contributed by atoms with Crippen molar-refractivity contribution >= 4 is 21.3 Å². The molecular formula is C27H30F3N3O3S. The second-order valence-corrected chi connectivity index (χ2v) is 10.8. The van der Waals surface area contributed by atoms with Gasteiger partial charge in [-0.1, -0.05) is 43.3 Å². The quantitative estimate of drug-likeness (QED) is 0.374. The Labute approximate surface area is 215 Å². The van der Waals surface area contributed by atoms with E-state index in [0.717, 1.165) is 36.3 Å². The van der Waals surface area contributed by atoms with E-state index in [1.807, 2.05) is 43.3 Å². The zero-order valence-corrected chi connectivity index (χ0v) is 21.3. The van der Waals surface area contributed by atoms with Gasteiger partial charge in [0.15, 0.2) is 0 Å². The minimum absolute atomic E-state index is 0.0340. The van der Waals surface area contributed by atoms with E-state index in [-0.39, 0.29) is 24.5 Å². The molecule has 0 spiro atoms. The first-order valence-corrected chi connectivity index (χ1v) is 13.6. The highest BCUT2D eigenvalue weighted by atomic mass is 32.2. The summed E-state index contributed by atoms with van der Waals surface area (Å²) in [6.07, 6.45) is -3.32. The number of ether oxygens (including phenoxy) is 1. The zero-order chi connectivity index (χ0) is 26.5. The Morgan fingerprint density at radius 3 is 2.11 bits per heavy atom. The van der Waals surface area contributed by atoms with E-state index in [9.17, 15) is 22.5 Å². The first kappa shape index (κ1) is 27.0. The van der Waals surface area contributed by atoms with Gasteiger partial charge >= 0.3 is 6.36 Å². The van der Waals surface area contributed by atoms with E-state index in [1.54, 1.807) is 0 Å². The Kier molecular flexibility index (Phi) is 8.41. The average molecular weight is 534 g/mol. The second-order valence-electron chi connectivity index (χ2n) is 8.77. The summed E-state index contributed by atoms with van der Waals surface area (Å²) in [5, 5.41) is 11.0. The Hall–Kier alpha value is -3.08. The summed E-state index contributed by atoms with van der Waals surface area (Å²) >= 11 is 0. The normalized spacial score (nSPS) is 15.6. The molecule has 1 aliphatic heterocycles. The van der Waals surface area contributed by atoms with Crippen molar-refractivity contribution < 1.29 is 27.2 Å². The number of fused-ring (bicyclic) bond motifs is 2. The van der Waals surface area contributed by atoms with Crippen molar-refractivity contribution in [3.63, 3.8) is 0 Å². The molecule has 1 aliphatic rings. The molecule has 0 amide bonds. The number of nitrogens with one attached hydrogen (secondary N) is 1. The van der Waals surface area contributed by atoms with Gasteiger partial charge in [-0.25, -0.2) is 13.3 Å². The number of benzene rings is 3. The molecule has 6 nitrogen and oxygen atoms in total. The van der Waals surface area contributed by atoms with Gasteiger partial charge in [-0.05, 0) is 66.8 Å². The molecule has 198 valence electrons. The van der Waals surface area contributed by atoms with Crippen molar-refractivity contribution in [3.8, 4) is 5.75 Å². The first-order chi connectivity index (χ1) is 17.7. The lowest BCUT2D eigenvalue weighted by molar-refractivity contribution is -0.274. The minimum Gasteiger partial charge on any atom is -0.406 e. The molecule has 2 atom stereocenters. The Morgan fingerprint density at radius 1 is 1.00 bits per heavy atom. The largest absolute Gasteiger partial charge is 0.573 e. The van der Waals surface area contributed by atoms with Crippen LogP contribution in [0.1, 0.15) is 24.5 Å². The van der Waals surface area contributed by atoms with Gasteiger partial charge in [-0.3, -0.25) is 0 Å². The summed E-state index contributed by atoms with van der Waals surface area (Å²) in [4.78, 5) is 2.30. The predicted octanol–water partition coefficient (Wildman–Crippen LogP) is 5.62.